The van der Waals surface area contributed by atoms with Crippen LogP contribution < -0.4 is 10.6 Å². The Morgan fingerprint density at radius 3 is 2.74 bits per heavy atom. The molecule has 23 heavy (non-hydrogen) atoms. The highest BCUT2D eigenvalue weighted by molar-refractivity contribution is 7.98. The highest BCUT2D eigenvalue weighted by Gasteiger charge is 2.45. The lowest BCUT2D eigenvalue weighted by molar-refractivity contribution is -0.117. The zero-order valence-electron chi connectivity index (χ0n) is 11.9. The minimum atomic E-state index is -1.10. The molecule has 3 amide bonds. The highest BCUT2D eigenvalue weighted by atomic mass is 35.5. The summed E-state index contributed by atoms with van der Waals surface area (Å²) in [6, 6.07) is 5.52. The molecule has 8 heteroatoms. The predicted octanol–water partition coefficient (Wildman–Crippen LogP) is 3.52. The Morgan fingerprint density at radius 1 is 1.35 bits per heavy atom. The third kappa shape index (κ3) is 2.54. The molecule has 0 bridgehead atoms. The third-order valence-electron chi connectivity index (χ3n) is 3.56. The van der Waals surface area contributed by atoms with Crippen LogP contribution in [0.1, 0.15) is 21.2 Å². The summed E-state index contributed by atoms with van der Waals surface area (Å²) < 4.78 is 0. The number of carbonyl (C=O) groups excluding carboxylic acids is 3. The molecule has 1 unspecified atom stereocenters. The molecule has 0 spiro atoms. The van der Waals surface area contributed by atoms with Crippen LogP contribution in [0.3, 0.4) is 0 Å². The maximum Gasteiger partial charge on any atom is 0.326 e. The number of fused-ring (bicyclic) bond motifs is 1. The molecular weight excluding hydrogens is 356 g/mol. The fraction of sp³-hybridized carbons (Fsp3) is 0.133. The summed E-state index contributed by atoms with van der Waals surface area (Å²) in [6.45, 7) is 0. The van der Waals surface area contributed by atoms with Gasteiger partial charge in [-0.05, 0) is 41.5 Å². The average molecular weight is 367 g/mol. The van der Waals surface area contributed by atoms with E-state index in [1.165, 1.54) is 35.2 Å². The Kier molecular flexibility index (Phi) is 4.18. The van der Waals surface area contributed by atoms with Gasteiger partial charge in [0.2, 0.25) is 0 Å². The molecule has 1 aromatic heterocycles. The van der Waals surface area contributed by atoms with E-state index in [0.717, 1.165) is 9.80 Å². The monoisotopic (exact) mass is 366 g/mol. The Morgan fingerprint density at radius 2 is 2.09 bits per heavy atom. The first-order chi connectivity index (χ1) is 11.0. The van der Waals surface area contributed by atoms with Crippen LogP contribution in [-0.4, -0.2) is 24.0 Å². The number of hydrogen-bond donors (Lipinski definition) is 1. The standard InChI is InChI=1S/C15H11ClN2O3S2/c1-22-10-4-5-23-13(10)12(19)11-8-6-7(16)2-3-9(8)18(14(11)20)15(17)21/h2-6,11H,1H3,(H2,17,21). The first-order valence-corrected chi connectivity index (χ1v) is 9.02. The van der Waals surface area contributed by atoms with Gasteiger partial charge in [0.15, 0.2) is 5.78 Å². The van der Waals surface area contributed by atoms with Crippen molar-refractivity contribution in [3.8, 4) is 0 Å². The molecule has 0 aliphatic carbocycles. The van der Waals surface area contributed by atoms with Gasteiger partial charge in [0, 0.05) is 9.92 Å². The van der Waals surface area contributed by atoms with Crippen LogP contribution in [0.15, 0.2) is 34.5 Å². The number of imide groups is 1. The molecule has 0 fully saturated rings. The van der Waals surface area contributed by atoms with Gasteiger partial charge in [-0.1, -0.05) is 11.6 Å². The van der Waals surface area contributed by atoms with Crippen LogP contribution in [-0.2, 0) is 4.79 Å². The lowest BCUT2D eigenvalue weighted by Gasteiger charge is -2.12. The van der Waals surface area contributed by atoms with Crippen molar-refractivity contribution in [2.75, 3.05) is 11.2 Å². The second-order valence-corrected chi connectivity index (χ2v) is 7.03. The number of halogens is 1. The molecule has 118 valence electrons. The fourth-order valence-electron chi connectivity index (χ4n) is 2.59. The lowest BCUT2D eigenvalue weighted by Crippen LogP contribution is -2.40. The normalized spacial score (nSPS) is 16.5. The van der Waals surface area contributed by atoms with Crippen molar-refractivity contribution in [2.45, 2.75) is 10.8 Å². The van der Waals surface area contributed by atoms with E-state index in [0.29, 0.717) is 21.2 Å². The number of carbonyl (C=O) groups is 3. The Hall–Kier alpha value is -1.83. The van der Waals surface area contributed by atoms with Gasteiger partial charge in [-0.3, -0.25) is 9.59 Å². The van der Waals surface area contributed by atoms with Crippen LogP contribution in [0.5, 0.6) is 0 Å². The number of thioether (sulfide) groups is 1. The van der Waals surface area contributed by atoms with Crippen LogP contribution in [0.2, 0.25) is 5.02 Å². The molecule has 0 saturated heterocycles. The van der Waals surface area contributed by atoms with E-state index in [2.05, 4.69) is 0 Å². The van der Waals surface area contributed by atoms with Crippen molar-refractivity contribution in [3.63, 3.8) is 0 Å². The number of nitrogens with zero attached hydrogens (tertiary/aromatic N) is 1. The topological polar surface area (TPSA) is 80.5 Å². The zero-order chi connectivity index (χ0) is 16.7. The van der Waals surface area contributed by atoms with Crippen molar-refractivity contribution in [2.24, 2.45) is 5.73 Å². The number of ketones is 1. The van der Waals surface area contributed by atoms with E-state index in [9.17, 15) is 14.4 Å². The van der Waals surface area contributed by atoms with Crippen LogP contribution >= 0.6 is 34.7 Å². The summed E-state index contributed by atoms with van der Waals surface area (Å²) in [7, 11) is 0. The fourth-order valence-corrected chi connectivity index (χ4v) is 4.50. The lowest BCUT2D eigenvalue weighted by atomic mass is 9.95. The molecule has 2 N–H and O–H groups in total. The largest absolute Gasteiger partial charge is 0.351 e. The summed E-state index contributed by atoms with van der Waals surface area (Å²) in [5.41, 5.74) is 6.02. The van der Waals surface area contributed by atoms with Crippen molar-refractivity contribution in [1.29, 1.82) is 0 Å². The third-order valence-corrected chi connectivity index (χ3v) is 5.64. The summed E-state index contributed by atoms with van der Waals surface area (Å²) in [6.07, 6.45) is 1.86. The van der Waals surface area contributed by atoms with Crippen molar-refractivity contribution < 1.29 is 14.4 Å². The molecule has 1 aliphatic rings. The van der Waals surface area contributed by atoms with Crippen molar-refractivity contribution in [1.82, 2.24) is 0 Å². The number of urea groups is 1. The minimum Gasteiger partial charge on any atom is -0.351 e. The Bertz CT molecular complexity index is 834. The predicted molar refractivity (Wildman–Crippen MR) is 91.7 cm³/mol. The van der Waals surface area contributed by atoms with Gasteiger partial charge in [-0.2, -0.15) is 0 Å². The van der Waals surface area contributed by atoms with Gasteiger partial charge in [-0.25, -0.2) is 9.69 Å². The van der Waals surface area contributed by atoms with Crippen LogP contribution in [0.4, 0.5) is 10.5 Å². The van der Waals surface area contributed by atoms with Gasteiger partial charge in [0.25, 0.3) is 5.91 Å². The van der Waals surface area contributed by atoms with Crippen LogP contribution in [0.25, 0.3) is 0 Å². The van der Waals surface area contributed by atoms with E-state index < -0.39 is 17.9 Å². The molecule has 1 atom stereocenters. The number of benzene rings is 1. The number of amides is 3. The second-order valence-electron chi connectivity index (χ2n) is 4.83. The Balaban J connectivity index is 2.13. The molecule has 0 radical (unpaired) electrons. The molecule has 1 aliphatic heterocycles. The highest BCUT2D eigenvalue weighted by Crippen LogP contribution is 2.42. The van der Waals surface area contributed by atoms with Crippen molar-refractivity contribution in [3.05, 3.63) is 45.1 Å². The summed E-state index contributed by atoms with van der Waals surface area (Å²) >= 11 is 8.69. The minimum absolute atomic E-state index is 0.313. The number of Topliss-reactive ketones (excluding diaryl/α,β-unsaturated/α-hetero) is 1. The van der Waals surface area contributed by atoms with E-state index in [1.807, 2.05) is 12.3 Å². The summed E-state index contributed by atoms with van der Waals surface area (Å²) in [5, 5.41) is 2.18. The molecule has 2 aromatic rings. The van der Waals surface area contributed by atoms with Gasteiger partial charge in [0.1, 0.15) is 5.92 Å². The maximum atomic E-state index is 12.9. The second kappa shape index (κ2) is 5.99. The van der Waals surface area contributed by atoms with E-state index in [4.69, 9.17) is 17.3 Å². The first-order valence-electron chi connectivity index (χ1n) is 6.54. The molecule has 1 aromatic carbocycles. The molecule has 2 heterocycles. The SMILES string of the molecule is CSc1ccsc1C(=O)C1C(=O)N(C(N)=O)c2ccc(Cl)cc21. The van der Waals surface area contributed by atoms with E-state index in [1.54, 1.807) is 11.4 Å². The van der Waals surface area contributed by atoms with E-state index >= 15 is 0 Å². The number of hydrogen-bond acceptors (Lipinski definition) is 5. The van der Waals surface area contributed by atoms with Crippen molar-refractivity contribution >= 4 is 58.1 Å². The average Bonchev–Trinajstić information content (AvgIpc) is 3.07. The number of primary amides is 1. The number of rotatable bonds is 3. The number of thiophene rings is 1. The number of nitrogens with two attached hydrogens (primary N) is 1. The zero-order valence-corrected chi connectivity index (χ0v) is 14.3. The maximum absolute atomic E-state index is 12.9. The summed E-state index contributed by atoms with van der Waals surface area (Å²) in [4.78, 5) is 39.3. The van der Waals surface area contributed by atoms with Gasteiger partial charge >= 0.3 is 6.03 Å². The molecular formula is C15H11ClN2O3S2. The quantitative estimate of drug-likeness (QED) is 0.512. The summed E-state index contributed by atoms with van der Waals surface area (Å²) in [5.74, 6) is -2.08. The Labute approximate surface area is 145 Å². The van der Waals surface area contributed by atoms with E-state index in [-0.39, 0.29) is 5.78 Å². The number of anilines is 1. The molecule has 3 rings (SSSR count). The molecule has 0 saturated carbocycles. The smallest absolute Gasteiger partial charge is 0.326 e. The van der Waals surface area contributed by atoms with Gasteiger partial charge < -0.3 is 5.73 Å². The van der Waals surface area contributed by atoms with Gasteiger partial charge in [0.05, 0.1) is 10.6 Å². The van der Waals surface area contributed by atoms with Crippen LogP contribution in [0, 0.1) is 0 Å². The first kappa shape index (κ1) is 16.0. The molecule has 5 nitrogen and oxygen atoms in total. The van der Waals surface area contributed by atoms with Gasteiger partial charge in [-0.15, -0.1) is 23.1 Å².